The van der Waals surface area contributed by atoms with E-state index >= 15 is 0 Å². The van der Waals surface area contributed by atoms with Crippen LogP contribution in [0, 0.1) is 18.8 Å². The van der Waals surface area contributed by atoms with E-state index in [9.17, 15) is 4.79 Å². The van der Waals surface area contributed by atoms with Gasteiger partial charge in [0.1, 0.15) is 10.6 Å². The van der Waals surface area contributed by atoms with Crippen LogP contribution in [0.1, 0.15) is 47.1 Å². The third-order valence-electron chi connectivity index (χ3n) is 4.75. The SMILES string of the molecule is Cc1nc(CC(C)C)sc1C(=O)N1CCC(COc2ccccc2)CC1. The van der Waals surface area contributed by atoms with Crippen molar-refractivity contribution in [2.45, 2.75) is 40.0 Å². The molecule has 2 heterocycles. The van der Waals surface area contributed by atoms with E-state index in [2.05, 4.69) is 18.8 Å². The molecular formula is C21H28N2O2S. The lowest BCUT2D eigenvalue weighted by molar-refractivity contribution is 0.0665. The van der Waals surface area contributed by atoms with Crippen LogP contribution in [0.4, 0.5) is 0 Å². The van der Waals surface area contributed by atoms with Crippen LogP contribution in [0.2, 0.25) is 0 Å². The molecular weight excluding hydrogens is 344 g/mol. The van der Waals surface area contributed by atoms with Gasteiger partial charge in [0.2, 0.25) is 0 Å². The van der Waals surface area contributed by atoms with E-state index in [4.69, 9.17) is 4.74 Å². The molecule has 5 heteroatoms. The molecule has 0 aliphatic carbocycles. The zero-order chi connectivity index (χ0) is 18.5. The summed E-state index contributed by atoms with van der Waals surface area (Å²) < 4.78 is 5.87. The zero-order valence-electron chi connectivity index (χ0n) is 15.9. The number of rotatable bonds is 6. The molecule has 1 aliphatic rings. The second-order valence-corrected chi connectivity index (χ2v) is 8.56. The fraction of sp³-hybridized carbons (Fsp3) is 0.524. The molecule has 1 aliphatic heterocycles. The van der Waals surface area contributed by atoms with Crippen molar-refractivity contribution >= 4 is 17.2 Å². The average molecular weight is 373 g/mol. The predicted molar refractivity (Wildman–Crippen MR) is 106 cm³/mol. The average Bonchev–Trinajstić information content (AvgIpc) is 3.00. The Morgan fingerprint density at radius 2 is 1.96 bits per heavy atom. The van der Waals surface area contributed by atoms with Crippen molar-refractivity contribution < 1.29 is 9.53 Å². The minimum atomic E-state index is 0.150. The summed E-state index contributed by atoms with van der Waals surface area (Å²) in [5.41, 5.74) is 0.880. The summed E-state index contributed by atoms with van der Waals surface area (Å²) in [4.78, 5) is 20.3. The minimum absolute atomic E-state index is 0.150. The fourth-order valence-corrected chi connectivity index (χ4v) is 4.51. The topological polar surface area (TPSA) is 42.4 Å². The number of carbonyl (C=O) groups is 1. The number of benzene rings is 1. The number of ether oxygens (including phenoxy) is 1. The third-order valence-corrected chi connectivity index (χ3v) is 5.92. The van der Waals surface area contributed by atoms with Crippen LogP contribution in [-0.4, -0.2) is 35.5 Å². The monoisotopic (exact) mass is 372 g/mol. The van der Waals surface area contributed by atoms with Crippen LogP contribution in [0.3, 0.4) is 0 Å². The first-order chi connectivity index (χ1) is 12.5. The first-order valence-corrected chi connectivity index (χ1v) is 10.3. The maximum absolute atomic E-state index is 12.9. The van der Waals surface area contributed by atoms with Crippen LogP contribution in [-0.2, 0) is 6.42 Å². The molecule has 0 unspecified atom stereocenters. The Morgan fingerprint density at radius 1 is 1.27 bits per heavy atom. The number of nitrogens with zero attached hydrogens (tertiary/aromatic N) is 2. The van der Waals surface area contributed by atoms with E-state index < -0.39 is 0 Å². The number of likely N-dealkylation sites (tertiary alicyclic amines) is 1. The quantitative estimate of drug-likeness (QED) is 0.745. The Morgan fingerprint density at radius 3 is 2.62 bits per heavy atom. The molecule has 1 fully saturated rings. The van der Waals surface area contributed by atoms with Crippen molar-refractivity contribution in [1.29, 1.82) is 0 Å². The summed E-state index contributed by atoms with van der Waals surface area (Å²) in [5.74, 6) is 2.14. The molecule has 3 rings (SSSR count). The standard InChI is InChI=1S/C21H28N2O2S/c1-15(2)13-19-22-16(3)20(26-19)21(24)23-11-9-17(10-12-23)14-25-18-7-5-4-6-8-18/h4-8,15,17H,9-14H2,1-3H3. The number of hydrogen-bond acceptors (Lipinski definition) is 4. The molecule has 0 bridgehead atoms. The molecule has 0 N–H and O–H groups in total. The highest BCUT2D eigenvalue weighted by atomic mass is 32.1. The van der Waals surface area contributed by atoms with Gasteiger partial charge in [-0.15, -0.1) is 11.3 Å². The Bertz CT molecular complexity index is 719. The van der Waals surface area contributed by atoms with Gasteiger partial charge in [0, 0.05) is 19.5 Å². The maximum atomic E-state index is 12.9. The summed E-state index contributed by atoms with van der Waals surface area (Å²) >= 11 is 1.57. The number of carbonyl (C=O) groups excluding carboxylic acids is 1. The van der Waals surface area contributed by atoms with Crippen LogP contribution < -0.4 is 4.74 Å². The molecule has 0 atom stereocenters. The molecule has 140 valence electrons. The van der Waals surface area contributed by atoms with Gasteiger partial charge in [0.15, 0.2) is 0 Å². The van der Waals surface area contributed by atoms with E-state index in [0.29, 0.717) is 11.8 Å². The van der Waals surface area contributed by atoms with Gasteiger partial charge < -0.3 is 9.64 Å². The van der Waals surface area contributed by atoms with Crippen LogP contribution >= 0.6 is 11.3 Å². The van der Waals surface area contributed by atoms with Gasteiger partial charge in [-0.1, -0.05) is 32.0 Å². The molecule has 4 nitrogen and oxygen atoms in total. The lowest BCUT2D eigenvalue weighted by Gasteiger charge is -2.31. The van der Waals surface area contributed by atoms with Crippen molar-refractivity contribution in [3.63, 3.8) is 0 Å². The summed E-state index contributed by atoms with van der Waals surface area (Å²) in [5, 5.41) is 1.08. The molecule has 1 amide bonds. The highest BCUT2D eigenvalue weighted by Crippen LogP contribution is 2.25. The number of thiazole rings is 1. The molecule has 0 spiro atoms. The van der Waals surface area contributed by atoms with E-state index in [1.165, 1.54) is 0 Å². The van der Waals surface area contributed by atoms with E-state index in [1.807, 2.05) is 42.2 Å². The first kappa shape index (κ1) is 18.9. The smallest absolute Gasteiger partial charge is 0.265 e. The third kappa shape index (κ3) is 4.85. The van der Waals surface area contributed by atoms with E-state index in [0.717, 1.165) is 60.3 Å². The second-order valence-electron chi connectivity index (χ2n) is 7.48. The van der Waals surface area contributed by atoms with Gasteiger partial charge in [0.05, 0.1) is 17.3 Å². The highest BCUT2D eigenvalue weighted by Gasteiger charge is 2.26. The van der Waals surface area contributed by atoms with Crippen molar-refractivity contribution in [3.8, 4) is 5.75 Å². The Hall–Kier alpha value is -1.88. The van der Waals surface area contributed by atoms with Crippen LogP contribution in [0.15, 0.2) is 30.3 Å². The largest absolute Gasteiger partial charge is 0.493 e. The number of para-hydroxylation sites is 1. The van der Waals surface area contributed by atoms with Gasteiger partial charge in [0.25, 0.3) is 5.91 Å². The van der Waals surface area contributed by atoms with Crippen molar-refractivity contribution in [3.05, 3.63) is 45.9 Å². The Labute approximate surface area is 160 Å². The van der Waals surface area contributed by atoms with Gasteiger partial charge in [-0.05, 0) is 43.7 Å². The van der Waals surface area contributed by atoms with Crippen LogP contribution in [0.25, 0.3) is 0 Å². The van der Waals surface area contributed by atoms with Gasteiger partial charge in [-0.3, -0.25) is 4.79 Å². The van der Waals surface area contributed by atoms with Crippen LogP contribution in [0.5, 0.6) is 5.75 Å². The Kier molecular flexibility index (Phi) is 6.30. The number of amides is 1. The summed E-state index contributed by atoms with van der Waals surface area (Å²) in [6, 6.07) is 9.94. The minimum Gasteiger partial charge on any atom is -0.493 e. The molecule has 0 radical (unpaired) electrons. The molecule has 1 aromatic carbocycles. The number of aromatic nitrogens is 1. The van der Waals surface area contributed by atoms with E-state index in [-0.39, 0.29) is 5.91 Å². The van der Waals surface area contributed by atoms with Gasteiger partial charge in [-0.2, -0.15) is 0 Å². The number of aryl methyl sites for hydroxylation is 1. The van der Waals surface area contributed by atoms with Crippen molar-refractivity contribution in [2.75, 3.05) is 19.7 Å². The molecule has 2 aromatic rings. The summed E-state index contributed by atoms with van der Waals surface area (Å²) in [6.07, 6.45) is 2.93. The van der Waals surface area contributed by atoms with E-state index in [1.54, 1.807) is 11.3 Å². The molecule has 1 aromatic heterocycles. The highest BCUT2D eigenvalue weighted by molar-refractivity contribution is 7.13. The molecule has 1 saturated heterocycles. The maximum Gasteiger partial charge on any atom is 0.265 e. The summed E-state index contributed by atoms with van der Waals surface area (Å²) in [6.45, 7) is 8.65. The lowest BCUT2D eigenvalue weighted by atomic mass is 9.97. The first-order valence-electron chi connectivity index (χ1n) is 9.46. The Balaban J connectivity index is 1.51. The second kappa shape index (κ2) is 8.67. The summed E-state index contributed by atoms with van der Waals surface area (Å²) in [7, 11) is 0. The van der Waals surface area contributed by atoms with Crippen molar-refractivity contribution in [2.24, 2.45) is 11.8 Å². The number of piperidine rings is 1. The zero-order valence-corrected chi connectivity index (χ0v) is 16.7. The normalized spacial score (nSPS) is 15.5. The molecule has 26 heavy (non-hydrogen) atoms. The van der Waals surface area contributed by atoms with Crippen molar-refractivity contribution in [1.82, 2.24) is 9.88 Å². The van der Waals surface area contributed by atoms with Gasteiger partial charge >= 0.3 is 0 Å². The fourth-order valence-electron chi connectivity index (χ4n) is 3.26. The molecule has 0 saturated carbocycles. The number of hydrogen-bond donors (Lipinski definition) is 0. The van der Waals surface area contributed by atoms with Gasteiger partial charge in [-0.25, -0.2) is 4.98 Å². The predicted octanol–water partition coefficient (Wildman–Crippen LogP) is 4.58. The lowest BCUT2D eigenvalue weighted by Crippen LogP contribution is -2.39.